The number of imide groups is 1. The van der Waals surface area contributed by atoms with E-state index >= 15 is 0 Å². The Bertz CT molecular complexity index is 1010. The number of benzene rings is 2. The zero-order valence-electron chi connectivity index (χ0n) is 17.4. The van der Waals surface area contributed by atoms with Crippen LogP contribution in [-0.4, -0.2) is 22.6 Å². The number of aryl methyl sites for hydroxylation is 2. The van der Waals surface area contributed by atoms with Crippen LogP contribution < -0.4 is 5.32 Å². The molecule has 1 aliphatic rings. The van der Waals surface area contributed by atoms with Gasteiger partial charge in [0.1, 0.15) is 5.54 Å². The summed E-state index contributed by atoms with van der Waals surface area (Å²) in [6, 6.07) is 8.46. The quantitative estimate of drug-likeness (QED) is 0.565. The number of urea groups is 1. The lowest BCUT2D eigenvalue weighted by Gasteiger charge is -2.26. The molecule has 3 rings (SSSR count). The van der Waals surface area contributed by atoms with Crippen LogP contribution in [0.3, 0.4) is 0 Å². The normalized spacial score (nSPS) is 18.9. The second kappa shape index (κ2) is 7.64. The maximum absolute atomic E-state index is 13.4. The molecule has 0 bridgehead atoms. The average molecular weight is 413 g/mol. The van der Waals surface area contributed by atoms with Crippen LogP contribution in [0.4, 0.5) is 4.79 Å². The molecular formula is C23H25ClN2O3. The molecule has 0 aliphatic carbocycles. The van der Waals surface area contributed by atoms with Crippen molar-refractivity contribution < 1.29 is 14.4 Å². The van der Waals surface area contributed by atoms with Crippen molar-refractivity contribution >= 4 is 29.3 Å². The lowest BCUT2D eigenvalue weighted by molar-refractivity contribution is -0.132. The van der Waals surface area contributed by atoms with Gasteiger partial charge in [-0.05, 0) is 74.1 Å². The van der Waals surface area contributed by atoms with Gasteiger partial charge < -0.3 is 5.32 Å². The van der Waals surface area contributed by atoms with Crippen LogP contribution in [0.1, 0.15) is 58.4 Å². The first kappa shape index (κ1) is 21.1. The van der Waals surface area contributed by atoms with Gasteiger partial charge in [0.25, 0.3) is 5.91 Å². The summed E-state index contributed by atoms with van der Waals surface area (Å²) in [4.78, 5) is 39.6. The minimum absolute atomic E-state index is 0.0254. The molecule has 2 aromatic rings. The number of carbonyl (C=O) groups excluding carboxylic acids is 3. The SMILES string of the molecule is CCC1(c2ccc(Cl)cc2)NC(=O)N(Cc2c(C)cc(C)c(C(C)=O)c2C)C1=O. The van der Waals surface area contributed by atoms with E-state index in [9.17, 15) is 14.4 Å². The van der Waals surface area contributed by atoms with Crippen molar-refractivity contribution in [3.05, 3.63) is 68.7 Å². The molecule has 0 spiro atoms. The number of Topliss-reactive ketones (excluding diaryl/α,β-unsaturated/α-hetero) is 1. The van der Waals surface area contributed by atoms with Crippen molar-refractivity contribution in [2.24, 2.45) is 0 Å². The van der Waals surface area contributed by atoms with E-state index in [0.29, 0.717) is 22.6 Å². The van der Waals surface area contributed by atoms with Gasteiger partial charge in [0.2, 0.25) is 0 Å². The highest BCUT2D eigenvalue weighted by atomic mass is 35.5. The highest BCUT2D eigenvalue weighted by Crippen LogP contribution is 2.35. The maximum atomic E-state index is 13.4. The molecule has 1 N–H and O–H groups in total. The Morgan fingerprint density at radius 2 is 1.72 bits per heavy atom. The molecule has 5 nitrogen and oxygen atoms in total. The van der Waals surface area contributed by atoms with Crippen molar-refractivity contribution in [2.45, 2.75) is 53.1 Å². The first-order chi connectivity index (χ1) is 13.6. The molecule has 152 valence electrons. The van der Waals surface area contributed by atoms with Crippen LogP contribution in [0.5, 0.6) is 0 Å². The molecule has 0 radical (unpaired) electrons. The van der Waals surface area contributed by atoms with Crippen molar-refractivity contribution in [3.8, 4) is 0 Å². The number of halogens is 1. The van der Waals surface area contributed by atoms with Gasteiger partial charge in [-0.25, -0.2) is 4.79 Å². The summed E-state index contributed by atoms with van der Waals surface area (Å²) in [5.74, 6) is -0.321. The molecule has 6 heteroatoms. The molecule has 29 heavy (non-hydrogen) atoms. The summed E-state index contributed by atoms with van der Waals surface area (Å²) in [6.45, 7) is 9.23. The third kappa shape index (κ3) is 3.44. The van der Waals surface area contributed by atoms with E-state index < -0.39 is 11.6 Å². The van der Waals surface area contributed by atoms with Crippen LogP contribution in [0, 0.1) is 20.8 Å². The maximum Gasteiger partial charge on any atom is 0.325 e. The molecule has 3 amide bonds. The molecule has 1 atom stereocenters. The predicted molar refractivity (Wildman–Crippen MR) is 113 cm³/mol. The highest BCUT2D eigenvalue weighted by molar-refractivity contribution is 6.30. The minimum Gasteiger partial charge on any atom is -0.319 e. The van der Waals surface area contributed by atoms with Gasteiger partial charge in [0.05, 0.1) is 6.54 Å². The number of ketones is 1. The Kier molecular flexibility index (Phi) is 5.54. The highest BCUT2D eigenvalue weighted by Gasteiger charge is 2.51. The number of amides is 3. The van der Waals surface area contributed by atoms with Crippen LogP contribution >= 0.6 is 11.6 Å². The molecule has 0 saturated carbocycles. The standard InChI is InChI=1S/C23H25ClN2O3/c1-6-23(17-7-9-18(24)10-8-17)21(28)26(22(29)25-23)12-19-13(2)11-14(3)20(15(19)4)16(5)27/h7-11H,6,12H2,1-5H3,(H,25,29). The fraction of sp³-hybridized carbons (Fsp3) is 0.348. The number of rotatable bonds is 5. The fourth-order valence-corrected chi connectivity index (χ4v) is 4.44. The Labute approximate surface area is 176 Å². The van der Waals surface area contributed by atoms with E-state index in [1.165, 1.54) is 11.8 Å². The summed E-state index contributed by atoms with van der Waals surface area (Å²) < 4.78 is 0. The molecule has 1 fully saturated rings. The van der Waals surface area contributed by atoms with Gasteiger partial charge in [0.15, 0.2) is 5.78 Å². The largest absolute Gasteiger partial charge is 0.325 e. The van der Waals surface area contributed by atoms with Gasteiger partial charge in [-0.15, -0.1) is 0 Å². The van der Waals surface area contributed by atoms with E-state index in [2.05, 4.69) is 5.32 Å². The van der Waals surface area contributed by atoms with E-state index in [-0.39, 0.29) is 18.2 Å². The van der Waals surface area contributed by atoms with Crippen molar-refractivity contribution in [3.63, 3.8) is 0 Å². The second-order valence-electron chi connectivity index (χ2n) is 7.63. The lowest BCUT2D eigenvalue weighted by atomic mass is 9.87. The van der Waals surface area contributed by atoms with E-state index in [1.807, 2.05) is 33.8 Å². The summed E-state index contributed by atoms with van der Waals surface area (Å²) in [5, 5.41) is 3.45. The molecule has 2 aromatic carbocycles. The number of carbonyl (C=O) groups is 3. The molecule has 1 saturated heterocycles. The Morgan fingerprint density at radius 1 is 1.10 bits per heavy atom. The zero-order valence-corrected chi connectivity index (χ0v) is 18.1. The monoisotopic (exact) mass is 412 g/mol. The fourth-order valence-electron chi connectivity index (χ4n) is 4.31. The van der Waals surface area contributed by atoms with Gasteiger partial charge in [-0.2, -0.15) is 0 Å². The van der Waals surface area contributed by atoms with E-state index in [0.717, 1.165) is 22.3 Å². The molecular weight excluding hydrogens is 388 g/mol. The zero-order chi connectivity index (χ0) is 21.5. The summed E-state index contributed by atoms with van der Waals surface area (Å²) >= 11 is 5.99. The topological polar surface area (TPSA) is 66.5 Å². The first-order valence-corrected chi connectivity index (χ1v) is 10.0. The van der Waals surface area contributed by atoms with Crippen LogP contribution in [0.2, 0.25) is 5.02 Å². The van der Waals surface area contributed by atoms with Crippen molar-refractivity contribution in [1.29, 1.82) is 0 Å². The van der Waals surface area contributed by atoms with Gasteiger partial charge in [-0.3, -0.25) is 14.5 Å². The van der Waals surface area contributed by atoms with Gasteiger partial charge in [-0.1, -0.05) is 36.7 Å². The Morgan fingerprint density at radius 3 is 2.28 bits per heavy atom. The molecule has 1 heterocycles. The van der Waals surface area contributed by atoms with Crippen molar-refractivity contribution in [1.82, 2.24) is 10.2 Å². The predicted octanol–water partition coefficient (Wildman–Crippen LogP) is 4.83. The molecule has 0 aromatic heterocycles. The van der Waals surface area contributed by atoms with Gasteiger partial charge in [0, 0.05) is 10.6 Å². The second-order valence-corrected chi connectivity index (χ2v) is 8.07. The third-order valence-electron chi connectivity index (χ3n) is 5.84. The summed E-state index contributed by atoms with van der Waals surface area (Å²) in [5.41, 5.74) is 3.73. The van der Waals surface area contributed by atoms with Crippen LogP contribution in [0.15, 0.2) is 30.3 Å². The summed E-state index contributed by atoms with van der Waals surface area (Å²) in [6.07, 6.45) is 0.417. The number of nitrogens with one attached hydrogen (secondary N) is 1. The number of nitrogens with zero attached hydrogens (tertiary/aromatic N) is 1. The Hall–Kier alpha value is -2.66. The van der Waals surface area contributed by atoms with Crippen molar-refractivity contribution in [2.75, 3.05) is 0 Å². The molecule has 1 unspecified atom stereocenters. The van der Waals surface area contributed by atoms with E-state index in [1.54, 1.807) is 24.3 Å². The molecule has 1 aliphatic heterocycles. The van der Waals surface area contributed by atoms with Crippen LogP contribution in [-0.2, 0) is 16.9 Å². The van der Waals surface area contributed by atoms with Gasteiger partial charge >= 0.3 is 6.03 Å². The van der Waals surface area contributed by atoms with E-state index in [4.69, 9.17) is 11.6 Å². The average Bonchev–Trinajstić information content (AvgIpc) is 2.89. The summed E-state index contributed by atoms with van der Waals surface area (Å²) in [7, 11) is 0. The minimum atomic E-state index is -1.11. The Balaban J connectivity index is 2.03. The number of hydrogen-bond acceptors (Lipinski definition) is 3. The number of hydrogen-bond donors (Lipinski definition) is 1. The smallest absolute Gasteiger partial charge is 0.319 e. The third-order valence-corrected chi connectivity index (χ3v) is 6.09. The lowest BCUT2D eigenvalue weighted by Crippen LogP contribution is -2.43. The first-order valence-electron chi connectivity index (χ1n) is 9.63. The van der Waals surface area contributed by atoms with Crippen LogP contribution in [0.25, 0.3) is 0 Å².